The van der Waals surface area contributed by atoms with Crippen molar-refractivity contribution in [2.75, 3.05) is 0 Å². The van der Waals surface area contributed by atoms with Crippen LogP contribution in [-0.4, -0.2) is 11.3 Å². The van der Waals surface area contributed by atoms with Gasteiger partial charge < -0.3 is 5.73 Å². The Hall–Kier alpha value is -1.15. The monoisotopic (exact) mass is 245 g/mol. The lowest BCUT2D eigenvalue weighted by Crippen LogP contribution is -2.46. The third kappa shape index (κ3) is 2.35. The van der Waals surface area contributed by atoms with E-state index in [0.29, 0.717) is 18.8 Å². The summed E-state index contributed by atoms with van der Waals surface area (Å²) in [5.74, 6) is 0.752. The third-order valence-corrected chi connectivity index (χ3v) is 4.44. The molecule has 2 nitrogen and oxygen atoms in total. The highest BCUT2D eigenvalue weighted by Gasteiger charge is 2.31. The molecule has 1 saturated carbocycles. The fourth-order valence-electron chi connectivity index (χ4n) is 2.53. The Bertz CT molecular complexity index is 430. The van der Waals surface area contributed by atoms with Crippen LogP contribution in [0.3, 0.4) is 0 Å². The van der Waals surface area contributed by atoms with Crippen molar-refractivity contribution in [2.45, 2.75) is 57.4 Å². The molecular formula is C16H23NO. The van der Waals surface area contributed by atoms with Gasteiger partial charge in [-0.25, -0.2) is 0 Å². The lowest BCUT2D eigenvalue weighted by atomic mass is 9.78. The summed E-state index contributed by atoms with van der Waals surface area (Å²) in [5.41, 5.74) is 7.59. The molecule has 18 heavy (non-hydrogen) atoms. The van der Waals surface area contributed by atoms with Crippen molar-refractivity contribution >= 4 is 5.78 Å². The number of hydrogen-bond acceptors (Lipinski definition) is 2. The molecule has 1 aromatic carbocycles. The largest absolute Gasteiger partial charge is 0.319 e. The molecular weight excluding hydrogens is 222 g/mol. The van der Waals surface area contributed by atoms with Gasteiger partial charge in [0.05, 0.1) is 5.54 Å². The molecule has 2 heteroatoms. The Kier molecular flexibility index (Phi) is 3.86. The molecule has 2 rings (SSSR count). The Labute approximate surface area is 110 Å². The van der Waals surface area contributed by atoms with Crippen LogP contribution < -0.4 is 5.73 Å². The van der Waals surface area contributed by atoms with Gasteiger partial charge in [-0.1, -0.05) is 38.5 Å². The van der Waals surface area contributed by atoms with Crippen LogP contribution in [0.1, 0.15) is 67.8 Å². The Morgan fingerprint density at radius 2 is 2.00 bits per heavy atom. The Morgan fingerprint density at radius 1 is 1.33 bits per heavy atom. The maximum absolute atomic E-state index is 12.5. The standard InChI is InChI=1S/C16H23NO/c1-3-16(17,4-2)15(18)14-10-6-9-13(11-14)12-7-5-8-12/h6,9-12H,3-5,7-8,17H2,1-2H3. The van der Waals surface area contributed by atoms with Gasteiger partial charge in [-0.3, -0.25) is 4.79 Å². The molecule has 0 aromatic heterocycles. The molecule has 2 N–H and O–H groups in total. The van der Waals surface area contributed by atoms with Crippen LogP contribution in [0.2, 0.25) is 0 Å². The van der Waals surface area contributed by atoms with Gasteiger partial charge in [0.2, 0.25) is 0 Å². The fraction of sp³-hybridized carbons (Fsp3) is 0.562. The minimum Gasteiger partial charge on any atom is -0.319 e. The molecule has 0 radical (unpaired) electrons. The smallest absolute Gasteiger partial charge is 0.182 e. The summed E-state index contributed by atoms with van der Waals surface area (Å²) < 4.78 is 0. The lowest BCUT2D eigenvalue weighted by molar-refractivity contribution is 0.0879. The van der Waals surface area contributed by atoms with Gasteiger partial charge in [-0.2, -0.15) is 0 Å². The first-order chi connectivity index (χ1) is 8.60. The van der Waals surface area contributed by atoms with Crippen LogP contribution in [0.15, 0.2) is 24.3 Å². The van der Waals surface area contributed by atoms with Gasteiger partial charge in [-0.05, 0) is 43.2 Å². The van der Waals surface area contributed by atoms with E-state index in [1.165, 1.54) is 24.8 Å². The summed E-state index contributed by atoms with van der Waals surface area (Å²) >= 11 is 0. The van der Waals surface area contributed by atoms with E-state index in [-0.39, 0.29) is 5.78 Å². The van der Waals surface area contributed by atoms with Gasteiger partial charge in [0.1, 0.15) is 0 Å². The van der Waals surface area contributed by atoms with Crippen LogP contribution in [0.5, 0.6) is 0 Å². The van der Waals surface area contributed by atoms with E-state index in [9.17, 15) is 4.79 Å². The second-order valence-corrected chi connectivity index (χ2v) is 5.45. The lowest BCUT2D eigenvalue weighted by Gasteiger charge is -2.28. The maximum Gasteiger partial charge on any atom is 0.182 e. The zero-order chi connectivity index (χ0) is 13.2. The Morgan fingerprint density at radius 3 is 2.50 bits per heavy atom. The highest BCUT2D eigenvalue weighted by molar-refractivity contribution is 6.03. The SMILES string of the molecule is CCC(N)(CC)C(=O)c1cccc(C2CCC2)c1. The number of carbonyl (C=O) groups excluding carboxylic acids is 1. The first-order valence-corrected chi connectivity index (χ1v) is 7.04. The molecule has 0 saturated heterocycles. The average Bonchev–Trinajstić information content (AvgIpc) is 2.35. The van der Waals surface area contributed by atoms with E-state index in [1.54, 1.807) is 0 Å². The van der Waals surface area contributed by atoms with E-state index in [1.807, 2.05) is 26.0 Å². The third-order valence-electron chi connectivity index (χ3n) is 4.44. The van der Waals surface area contributed by atoms with Crippen molar-refractivity contribution in [3.05, 3.63) is 35.4 Å². The zero-order valence-electron chi connectivity index (χ0n) is 11.4. The summed E-state index contributed by atoms with van der Waals surface area (Å²) in [4.78, 5) is 12.5. The summed E-state index contributed by atoms with van der Waals surface area (Å²) in [6.45, 7) is 3.97. The van der Waals surface area contributed by atoms with Crippen molar-refractivity contribution < 1.29 is 4.79 Å². The number of Topliss-reactive ketones (excluding diaryl/α,β-unsaturated/α-hetero) is 1. The topological polar surface area (TPSA) is 43.1 Å². The predicted octanol–water partition coefficient (Wildman–Crippen LogP) is 3.65. The molecule has 0 unspecified atom stereocenters. The quantitative estimate of drug-likeness (QED) is 0.804. The van der Waals surface area contributed by atoms with Gasteiger partial charge in [0.15, 0.2) is 5.78 Å². The zero-order valence-corrected chi connectivity index (χ0v) is 11.4. The van der Waals surface area contributed by atoms with Crippen molar-refractivity contribution in [3.63, 3.8) is 0 Å². The molecule has 0 bridgehead atoms. The van der Waals surface area contributed by atoms with Crippen molar-refractivity contribution in [3.8, 4) is 0 Å². The maximum atomic E-state index is 12.5. The number of rotatable bonds is 5. The molecule has 0 atom stereocenters. The second-order valence-electron chi connectivity index (χ2n) is 5.45. The molecule has 1 aliphatic carbocycles. The van der Waals surface area contributed by atoms with E-state index >= 15 is 0 Å². The number of nitrogens with two attached hydrogens (primary N) is 1. The summed E-state index contributed by atoms with van der Waals surface area (Å²) in [6, 6.07) is 8.08. The van der Waals surface area contributed by atoms with E-state index in [4.69, 9.17) is 5.73 Å². The minimum absolute atomic E-state index is 0.0914. The van der Waals surface area contributed by atoms with Crippen molar-refractivity contribution in [1.29, 1.82) is 0 Å². The first-order valence-electron chi connectivity index (χ1n) is 7.04. The van der Waals surface area contributed by atoms with Gasteiger partial charge in [0.25, 0.3) is 0 Å². The van der Waals surface area contributed by atoms with Crippen LogP contribution in [0, 0.1) is 0 Å². The highest BCUT2D eigenvalue weighted by atomic mass is 16.1. The first kappa shape index (κ1) is 13.3. The van der Waals surface area contributed by atoms with Gasteiger partial charge in [0, 0.05) is 5.56 Å². The minimum atomic E-state index is -0.696. The number of ketones is 1. The summed E-state index contributed by atoms with van der Waals surface area (Å²) in [6.07, 6.45) is 5.21. The molecule has 98 valence electrons. The molecule has 0 amide bonds. The molecule has 0 heterocycles. The average molecular weight is 245 g/mol. The highest BCUT2D eigenvalue weighted by Crippen LogP contribution is 2.36. The van der Waals surface area contributed by atoms with E-state index in [0.717, 1.165) is 5.56 Å². The summed E-state index contributed by atoms with van der Waals surface area (Å²) in [7, 11) is 0. The number of hydrogen-bond donors (Lipinski definition) is 1. The van der Waals surface area contributed by atoms with Crippen molar-refractivity contribution in [2.24, 2.45) is 5.73 Å². The van der Waals surface area contributed by atoms with Crippen LogP contribution >= 0.6 is 0 Å². The second kappa shape index (κ2) is 5.23. The van der Waals surface area contributed by atoms with Crippen LogP contribution in [0.25, 0.3) is 0 Å². The molecule has 1 aromatic rings. The van der Waals surface area contributed by atoms with E-state index in [2.05, 4.69) is 12.1 Å². The number of benzene rings is 1. The van der Waals surface area contributed by atoms with Gasteiger partial charge in [-0.15, -0.1) is 0 Å². The normalized spacial score (nSPS) is 16.4. The fourth-order valence-corrected chi connectivity index (χ4v) is 2.53. The van der Waals surface area contributed by atoms with Gasteiger partial charge >= 0.3 is 0 Å². The molecule has 0 spiro atoms. The Balaban J connectivity index is 2.24. The molecule has 0 aliphatic heterocycles. The molecule has 1 fully saturated rings. The molecule has 1 aliphatic rings. The predicted molar refractivity (Wildman–Crippen MR) is 74.9 cm³/mol. The summed E-state index contributed by atoms with van der Waals surface area (Å²) in [5, 5.41) is 0. The van der Waals surface area contributed by atoms with E-state index < -0.39 is 5.54 Å². The van der Waals surface area contributed by atoms with Crippen LogP contribution in [0.4, 0.5) is 0 Å². The number of carbonyl (C=O) groups is 1. The van der Waals surface area contributed by atoms with Crippen LogP contribution in [-0.2, 0) is 0 Å². The van der Waals surface area contributed by atoms with Crippen molar-refractivity contribution in [1.82, 2.24) is 0 Å².